The van der Waals surface area contributed by atoms with Crippen molar-refractivity contribution in [2.24, 2.45) is 5.92 Å². The summed E-state index contributed by atoms with van der Waals surface area (Å²) in [5.74, 6) is 0.392. The number of amides is 1. The Morgan fingerprint density at radius 1 is 1.10 bits per heavy atom. The number of esters is 1. The van der Waals surface area contributed by atoms with E-state index in [-0.39, 0.29) is 11.9 Å². The van der Waals surface area contributed by atoms with Gasteiger partial charge in [0.2, 0.25) is 5.91 Å². The molecule has 1 saturated heterocycles. The third-order valence-corrected chi connectivity index (χ3v) is 8.54. The van der Waals surface area contributed by atoms with E-state index in [1.807, 2.05) is 35.2 Å². The number of anilines is 1. The van der Waals surface area contributed by atoms with Crippen LogP contribution in [0.2, 0.25) is 0 Å². The molecule has 1 aliphatic heterocycles. The second kappa shape index (κ2) is 13.2. The van der Waals surface area contributed by atoms with Crippen LogP contribution in [0.25, 0.3) is 16.0 Å². The Kier molecular flexibility index (Phi) is 9.67. The molecule has 4 rings (SSSR count). The van der Waals surface area contributed by atoms with Crippen LogP contribution in [0.1, 0.15) is 83.6 Å². The van der Waals surface area contributed by atoms with Gasteiger partial charge in [-0.1, -0.05) is 69.9 Å². The molecule has 2 aromatic carbocycles. The fraction of sp³-hybridized carbons (Fsp3) is 0.545. The molecule has 1 unspecified atom stereocenters. The molecule has 0 bridgehead atoms. The first kappa shape index (κ1) is 28.7. The van der Waals surface area contributed by atoms with Gasteiger partial charge < -0.3 is 14.5 Å². The minimum absolute atomic E-state index is 0.0204. The van der Waals surface area contributed by atoms with E-state index >= 15 is 0 Å². The van der Waals surface area contributed by atoms with Crippen LogP contribution in [0.3, 0.4) is 0 Å². The lowest BCUT2D eigenvalue weighted by atomic mass is 9.79. The van der Waals surface area contributed by atoms with E-state index in [4.69, 9.17) is 11.3 Å². The highest BCUT2D eigenvalue weighted by Crippen LogP contribution is 2.38. The van der Waals surface area contributed by atoms with Gasteiger partial charge in [0.1, 0.15) is 5.54 Å². The van der Waals surface area contributed by atoms with Crippen molar-refractivity contribution < 1.29 is 14.3 Å². The van der Waals surface area contributed by atoms with Gasteiger partial charge in [-0.3, -0.25) is 4.79 Å². The molecule has 1 heterocycles. The summed E-state index contributed by atoms with van der Waals surface area (Å²) in [6.45, 7) is 14.6. The summed E-state index contributed by atoms with van der Waals surface area (Å²) in [5, 5.41) is 0. The fourth-order valence-electron chi connectivity index (χ4n) is 6.30. The van der Waals surface area contributed by atoms with Gasteiger partial charge >= 0.3 is 5.97 Å². The molecule has 1 amide bonds. The first-order valence-corrected chi connectivity index (χ1v) is 14.7. The molecule has 2 fully saturated rings. The molecular formula is C33H43N3O3. The number of carbonyl (C=O) groups is 2. The lowest BCUT2D eigenvalue weighted by molar-refractivity contribution is -0.166. The second-order valence-electron chi connectivity index (χ2n) is 11.4. The molecule has 2 aromatic rings. The lowest BCUT2D eigenvalue weighted by Gasteiger charge is -2.44. The largest absolute Gasteiger partial charge is 0.467 e. The lowest BCUT2D eigenvalue weighted by Crippen LogP contribution is -2.58. The molecular weight excluding hydrogens is 486 g/mol. The Morgan fingerprint density at radius 2 is 1.85 bits per heavy atom. The van der Waals surface area contributed by atoms with Crippen LogP contribution in [0, 0.1) is 12.5 Å². The van der Waals surface area contributed by atoms with Gasteiger partial charge in [-0.25, -0.2) is 9.64 Å². The summed E-state index contributed by atoms with van der Waals surface area (Å²) < 4.78 is 5.27. The average Bonchev–Trinajstić information content (AvgIpc) is 2.98. The number of hydrogen-bond acceptors (Lipinski definition) is 4. The minimum Gasteiger partial charge on any atom is -0.467 e. The van der Waals surface area contributed by atoms with Gasteiger partial charge in [0.05, 0.1) is 13.7 Å². The van der Waals surface area contributed by atoms with Crippen molar-refractivity contribution in [2.45, 2.75) is 90.1 Å². The summed E-state index contributed by atoms with van der Waals surface area (Å²) in [6, 6.07) is 14.3. The number of nitrogens with zero attached hydrogens (tertiary/aromatic N) is 3. The zero-order chi connectivity index (χ0) is 27.8. The summed E-state index contributed by atoms with van der Waals surface area (Å²) in [6.07, 6.45) is 8.81. The van der Waals surface area contributed by atoms with Crippen LogP contribution < -0.4 is 4.90 Å². The molecule has 6 heteroatoms. The normalized spacial score (nSPS) is 18.7. The highest BCUT2D eigenvalue weighted by atomic mass is 16.5. The molecule has 1 aliphatic carbocycles. The van der Waals surface area contributed by atoms with E-state index in [2.05, 4.69) is 35.7 Å². The predicted octanol–water partition coefficient (Wildman–Crippen LogP) is 7.54. The average molecular weight is 530 g/mol. The summed E-state index contributed by atoms with van der Waals surface area (Å²) >= 11 is 0. The van der Waals surface area contributed by atoms with Crippen LogP contribution in [-0.4, -0.2) is 42.5 Å². The van der Waals surface area contributed by atoms with Crippen molar-refractivity contribution in [1.82, 2.24) is 4.90 Å². The maximum Gasteiger partial charge on any atom is 0.331 e. The summed E-state index contributed by atoms with van der Waals surface area (Å²) in [7, 11) is 1.43. The number of benzene rings is 2. The van der Waals surface area contributed by atoms with Gasteiger partial charge in [0, 0.05) is 31.7 Å². The molecule has 39 heavy (non-hydrogen) atoms. The molecule has 1 atom stereocenters. The first-order valence-electron chi connectivity index (χ1n) is 14.7. The number of methoxy groups -OCH3 is 1. The quantitative estimate of drug-likeness (QED) is 0.249. The van der Waals surface area contributed by atoms with Crippen molar-refractivity contribution in [1.29, 1.82) is 0 Å². The van der Waals surface area contributed by atoms with Crippen LogP contribution in [0.15, 0.2) is 42.5 Å². The third-order valence-electron chi connectivity index (χ3n) is 8.54. The van der Waals surface area contributed by atoms with Gasteiger partial charge in [0.25, 0.3) is 0 Å². The molecule has 0 spiro atoms. The number of rotatable bonds is 9. The minimum atomic E-state index is -0.895. The smallest absolute Gasteiger partial charge is 0.331 e. The fourth-order valence-corrected chi connectivity index (χ4v) is 6.30. The van der Waals surface area contributed by atoms with E-state index in [0.29, 0.717) is 37.4 Å². The van der Waals surface area contributed by atoms with Crippen LogP contribution in [-0.2, 0) is 20.9 Å². The maximum absolute atomic E-state index is 13.5. The second-order valence-corrected chi connectivity index (χ2v) is 11.4. The Bertz CT molecular complexity index is 1180. The Balaban J connectivity index is 1.62. The maximum atomic E-state index is 13.5. The highest BCUT2D eigenvalue weighted by Gasteiger charge is 2.47. The monoisotopic (exact) mass is 529 g/mol. The third kappa shape index (κ3) is 6.46. The highest BCUT2D eigenvalue weighted by molar-refractivity contribution is 5.88. The topological polar surface area (TPSA) is 54.2 Å². The molecule has 0 N–H and O–H groups in total. The molecule has 0 radical (unpaired) electrons. The summed E-state index contributed by atoms with van der Waals surface area (Å²) in [4.78, 5) is 34.7. The zero-order valence-corrected chi connectivity index (χ0v) is 23.9. The number of piperidine rings is 1. The van der Waals surface area contributed by atoms with Crippen molar-refractivity contribution in [3.8, 4) is 11.1 Å². The summed E-state index contributed by atoms with van der Waals surface area (Å²) in [5.41, 5.74) is 3.80. The van der Waals surface area contributed by atoms with E-state index in [1.54, 1.807) is 0 Å². The van der Waals surface area contributed by atoms with Gasteiger partial charge in [0.15, 0.2) is 5.69 Å². The molecule has 6 nitrogen and oxygen atoms in total. The van der Waals surface area contributed by atoms with Crippen molar-refractivity contribution in [3.05, 3.63) is 59.4 Å². The molecule has 1 saturated carbocycles. The van der Waals surface area contributed by atoms with Crippen LogP contribution in [0.5, 0.6) is 0 Å². The van der Waals surface area contributed by atoms with Crippen molar-refractivity contribution >= 4 is 23.3 Å². The Labute approximate surface area is 234 Å². The SMILES string of the molecule is [C-]#[N+]c1ccc(N2CCCC(C)C2)cc1-c1ccc(CN(C(=O)CCCC)C2(C(=O)OC)CCCCC2)cc1. The van der Waals surface area contributed by atoms with Crippen LogP contribution in [0.4, 0.5) is 11.4 Å². The standard InChI is InChI=1S/C33H43N3O3/c1-5-6-12-31(37)36(33(32(38)39-4)19-8-7-9-20-33)24-26-13-15-27(16-14-26)29-22-28(17-18-30(29)34-3)35-21-10-11-25(2)23-35/h13-18,22,25H,5-12,19-21,23-24H2,1-2,4H3. The molecule has 2 aliphatic rings. The van der Waals surface area contributed by atoms with Gasteiger partial charge in [-0.15, -0.1) is 0 Å². The number of hydrogen-bond donors (Lipinski definition) is 0. The van der Waals surface area contributed by atoms with E-state index < -0.39 is 5.54 Å². The first-order chi connectivity index (χ1) is 18.9. The van der Waals surface area contributed by atoms with Gasteiger partial charge in [-0.2, -0.15) is 0 Å². The van der Waals surface area contributed by atoms with Crippen molar-refractivity contribution in [3.63, 3.8) is 0 Å². The Hall–Kier alpha value is -3.33. The Morgan fingerprint density at radius 3 is 2.49 bits per heavy atom. The number of carbonyl (C=O) groups excluding carboxylic acids is 2. The molecule has 0 aromatic heterocycles. The van der Waals surface area contributed by atoms with E-state index in [9.17, 15) is 9.59 Å². The van der Waals surface area contributed by atoms with Crippen molar-refractivity contribution in [2.75, 3.05) is 25.1 Å². The van der Waals surface area contributed by atoms with Crippen LogP contribution >= 0.6 is 0 Å². The van der Waals surface area contributed by atoms with E-state index in [1.165, 1.54) is 20.0 Å². The van der Waals surface area contributed by atoms with Gasteiger partial charge in [-0.05, 0) is 66.8 Å². The number of unbranched alkanes of at least 4 members (excludes halogenated alkanes) is 1. The molecule has 208 valence electrons. The zero-order valence-electron chi connectivity index (χ0n) is 23.9. The van der Waals surface area contributed by atoms with E-state index in [0.717, 1.165) is 67.6 Å². The predicted molar refractivity (Wildman–Crippen MR) is 157 cm³/mol. The number of ether oxygens (including phenoxy) is 1.